The van der Waals surface area contributed by atoms with Gasteiger partial charge in [-0.25, -0.2) is 39.5 Å². The van der Waals surface area contributed by atoms with Gasteiger partial charge in [-0.05, 0) is 84.9 Å². The van der Waals surface area contributed by atoms with E-state index in [0.29, 0.717) is 0 Å². The topological polar surface area (TPSA) is 371 Å². The average Bonchev–Trinajstić information content (AvgIpc) is 0.935. The molecule has 0 amide bonds. The molecule has 6 N–H and O–H groups in total. The van der Waals surface area contributed by atoms with E-state index in [1.54, 1.807) is 66.7 Å². The molecule has 26 nitrogen and oxygen atoms in total. The molecule has 26 heteroatoms. The van der Waals surface area contributed by atoms with Crippen LogP contribution in [0.2, 0.25) is 0 Å². The normalized spacial score (nSPS) is 14.8. The third-order valence-electron chi connectivity index (χ3n) is 14.3. The Hall–Kier alpha value is -10.6. The van der Waals surface area contributed by atoms with E-state index < -0.39 is 167 Å². The third-order valence-corrected chi connectivity index (χ3v) is 14.3. The summed E-state index contributed by atoms with van der Waals surface area (Å²) in [6.45, 7) is -0.266. The summed E-state index contributed by atoms with van der Waals surface area (Å²) in [5, 5.41) is 48.6. The van der Waals surface area contributed by atoms with Crippen LogP contribution in [0, 0.1) is 0 Å². The first-order valence-electron chi connectivity index (χ1n) is 30.3. The number of esters is 9. The highest BCUT2D eigenvalue weighted by Gasteiger charge is 2.48. The predicted octanol–water partition coefficient (Wildman–Crippen LogP) is 6.47. The molecule has 0 aromatic heterocycles. The number of hydrogen-bond acceptors (Lipinski definition) is 26. The zero-order valence-electron chi connectivity index (χ0n) is 52.3. The van der Waals surface area contributed by atoms with Crippen LogP contribution in [-0.4, -0.2) is 168 Å². The van der Waals surface area contributed by atoms with E-state index in [9.17, 15) is 63.6 Å². The zero-order chi connectivity index (χ0) is 69.6. The van der Waals surface area contributed by atoms with E-state index in [0.717, 1.165) is 13.8 Å². The Balaban J connectivity index is 1.27. The van der Waals surface area contributed by atoms with Crippen LogP contribution in [0.5, 0.6) is 0 Å². The molecule has 0 heterocycles. The first-order valence-corrected chi connectivity index (χ1v) is 30.3. The number of ether oxygens (including phenoxy) is 11. The molecule has 12 unspecified atom stereocenters. The number of carbonyl (C=O) groups is 9. The van der Waals surface area contributed by atoms with Crippen molar-refractivity contribution in [3.8, 4) is 0 Å². The highest BCUT2D eigenvalue weighted by Crippen LogP contribution is 2.29. The minimum Gasteiger partial charge on any atom is -0.462 e. The fraction of sp³-hybridized carbons (Fsp3) is 0.282. The summed E-state index contributed by atoms with van der Waals surface area (Å²) in [7, 11) is 0. The summed E-state index contributed by atoms with van der Waals surface area (Å²) in [5.74, 6) is -4.08. The second kappa shape index (κ2) is 38.1. The Bertz CT molecular complexity index is 3630. The maximum absolute atomic E-state index is 14.3. The number of carbonyl (C=O) groups excluding carboxylic acids is 9. The van der Waals surface area contributed by atoms with Gasteiger partial charge in [0.2, 0.25) is 6.29 Å². The van der Waals surface area contributed by atoms with Gasteiger partial charge in [0.15, 0.2) is 37.0 Å². The van der Waals surface area contributed by atoms with Crippen molar-refractivity contribution in [1.82, 2.24) is 0 Å². The van der Waals surface area contributed by atoms with Crippen molar-refractivity contribution in [2.45, 2.75) is 107 Å². The SMILES string of the molecule is CC(=O)OC(CCOC(O)C(OC(=O)c1ccccc1)C(OC(=O)c1ccccc1)C(CCOC(=O)c1ccccc1)OC(=O)c1ccccc1)C(OC(O)C(OC(=O)c1ccccc1)C(O)C(CCOC(=O)c1ccccc1)OC(=O)c1ccccc1)C(OC(C)=O)C(O)ON. The lowest BCUT2D eigenvalue weighted by Crippen LogP contribution is -2.56. The van der Waals surface area contributed by atoms with Gasteiger partial charge in [0, 0.05) is 33.1 Å². The summed E-state index contributed by atoms with van der Waals surface area (Å²) in [6, 6.07) is 52.0. The van der Waals surface area contributed by atoms with Crippen molar-refractivity contribution in [3.05, 3.63) is 251 Å². The van der Waals surface area contributed by atoms with Crippen LogP contribution in [0.15, 0.2) is 212 Å². The molecule has 12 atom stereocenters. The van der Waals surface area contributed by atoms with E-state index in [1.165, 1.54) is 146 Å². The summed E-state index contributed by atoms with van der Waals surface area (Å²) in [4.78, 5) is 128. The quantitative estimate of drug-likeness (QED) is 0.0121. The van der Waals surface area contributed by atoms with Gasteiger partial charge in [0.25, 0.3) is 0 Å². The van der Waals surface area contributed by atoms with Crippen molar-refractivity contribution in [3.63, 3.8) is 0 Å². The molecular weight excluding hydrogens is 1270 g/mol. The molecule has 0 saturated heterocycles. The Labute approximate surface area is 556 Å². The molecule has 0 aliphatic rings. The van der Waals surface area contributed by atoms with Crippen LogP contribution < -0.4 is 5.90 Å². The lowest BCUT2D eigenvalue weighted by Gasteiger charge is -2.38. The van der Waals surface area contributed by atoms with Crippen LogP contribution in [0.25, 0.3) is 0 Å². The number of nitrogens with two attached hydrogens (primary N) is 1. The molecule has 0 saturated carbocycles. The Morgan fingerprint density at radius 1 is 0.309 bits per heavy atom. The maximum Gasteiger partial charge on any atom is 0.338 e. The molecule has 0 fully saturated rings. The van der Waals surface area contributed by atoms with E-state index >= 15 is 0 Å². The molecule has 0 spiro atoms. The minimum absolute atomic E-state index is 0.0181. The lowest BCUT2D eigenvalue weighted by atomic mass is 10.0. The number of benzene rings is 7. The molecule has 7 aromatic carbocycles. The minimum atomic E-state index is -2.74. The molecule has 7 rings (SSSR count). The number of aliphatic hydroxyl groups is 4. The first-order chi connectivity index (χ1) is 46.8. The van der Waals surface area contributed by atoms with E-state index in [1.807, 2.05) is 0 Å². The number of aliphatic hydroxyl groups excluding tert-OH is 4. The fourth-order valence-electron chi connectivity index (χ4n) is 9.52. The number of rotatable bonds is 36. The van der Waals surface area contributed by atoms with Crippen LogP contribution in [0.3, 0.4) is 0 Å². The Morgan fingerprint density at radius 2 is 0.598 bits per heavy atom. The summed E-state index contributed by atoms with van der Waals surface area (Å²) in [5.41, 5.74) is -0.142. The molecular formula is C71H71NO25. The Morgan fingerprint density at radius 3 is 0.959 bits per heavy atom. The van der Waals surface area contributed by atoms with Gasteiger partial charge in [-0.1, -0.05) is 127 Å². The Kier molecular flexibility index (Phi) is 29.0. The molecule has 0 aliphatic carbocycles. The average molecular weight is 1340 g/mol. The zero-order valence-corrected chi connectivity index (χ0v) is 52.3. The van der Waals surface area contributed by atoms with Crippen molar-refractivity contribution in [2.75, 3.05) is 19.8 Å². The van der Waals surface area contributed by atoms with Gasteiger partial charge < -0.3 is 72.5 Å². The van der Waals surface area contributed by atoms with Gasteiger partial charge in [-0.3, -0.25) is 14.4 Å². The van der Waals surface area contributed by atoms with E-state index in [4.69, 9.17) is 58.0 Å². The van der Waals surface area contributed by atoms with Crippen LogP contribution >= 0.6 is 0 Å². The predicted molar refractivity (Wildman–Crippen MR) is 337 cm³/mol. The summed E-state index contributed by atoms with van der Waals surface area (Å²) >= 11 is 0. The van der Waals surface area contributed by atoms with Crippen LogP contribution in [0.4, 0.5) is 0 Å². The van der Waals surface area contributed by atoms with Gasteiger partial charge in [0.1, 0.15) is 30.5 Å². The molecule has 0 aliphatic heterocycles. The van der Waals surface area contributed by atoms with Crippen molar-refractivity contribution in [2.24, 2.45) is 5.90 Å². The fourth-order valence-corrected chi connectivity index (χ4v) is 9.52. The lowest BCUT2D eigenvalue weighted by molar-refractivity contribution is -0.281. The highest BCUT2D eigenvalue weighted by molar-refractivity contribution is 5.93. The molecule has 7 aromatic rings. The standard InChI is InChI=1S/C71H71NO25/c1-44(73)89-54(57(61(71(85)97-72)90-45(2)74)94-70(84)59(95-67(81)51-34-20-8-21-35-51)56(75)53(91-64(78)48-28-14-5-15-29-48)38-41-86-62(76)46-24-10-3-11-25-46)39-43-88-69(83)60(96-68(82)52-36-22-9-23-37-52)58(93-66(80)50-32-18-7-19-33-50)55(92-65(79)49-30-16-6-17-31-49)40-42-87-63(77)47-26-12-4-13-27-47/h3-37,53-61,69-71,75,83-85H,38-43,72H2,1-2H3. The second-order valence-electron chi connectivity index (χ2n) is 21.2. The largest absolute Gasteiger partial charge is 0.462 e. The summed E-state index contributed by atoms with van der Waals surface area (Å²) in [6.07, 6.45) is -28.9. The molecule has 97 heavy (non-hydrogen) atoms. The van der Waals surface area contributed by atoms with Gasteiger partial charge in [0.05, 0.1) is 58.8 Å². The smallest absolute Gasteiger partial charge is 0.338 e. The first kappa shape index (κ1) is 73.9. The van der Waals surface area contributed by atoms with Crippen molar-refractivity contribution < 1.29 is 121 Å². The monoisotopic (exact) mass is 1340 g/mol. The van der Waals surface area contributed by atoms with Crippen LogP contribution in [0.1, 0.15) is 106 Å². The molecule has 0 radical (unpaired) electrons. The highest BCUT2D eigenvalue weighted by atomic mass is 16.7. The van der Waals surface area contributed by atoms with E-state index in [2.05, 4.69) is 4.84 Å². The maximum atomic E-state index is 14.3. The number of hydrogen-bond donors (Lipinski definition) is 5. The van der Waals surface area contributed by atoms with Crippen LogP contribution in [-0.2, 0) is 66.5 Å². The van der Waals surface area contributed by atoms with Gasteiger partial charge in [-0.15, -0.1) is 0 Å². The molecule has 0 bridgehead atoms. The van der Waals surface area contributed by atoms with E-state index in [-0.39, 0.29) is 38.9 Å². The van der Waals surface area contributed by atoms with Gasteiger partial charge in [-0.2, -0.15) is 0 Å². The second-order valence-corrected chi connectivity index (χ2v) is 21.2. The molecule has 510 valence electrons. The van der Waals surface area contributed by atoms with Gasteiger partial charge >= 0.3 is 53.7 Å². The third kappa shape index (κ3) is 22.8. The van der Waals surface area contributed by atoms with Crippen molar-refractivity contribution in [1.29, 1.82) is 0 Å². The van der Waals surface area contributed by atoms with Crippen molar-refractivity contribution >= 4 is 53.7 Å². The summed E-state index contributed by atoms with van der Waals surface area (Å²) < 4.78 is 63.8.